The third-order valence-electron chi connectivity index (χ3n) is 2.94. The van der Waals surface area contributed by atoms with Gasteiger partial charge in [0.05, 0.1) is 17.1 Å². The predicted octanol–water partition coefficient (Wildman–Crippen LogP) is 1.39. The molecule has 0 fully saturated rings. The summed E-state index contributed by atoms with van der Waals surface area (Å²) in [5.74, 6) is 0. The second-order valence-corrected chi connectivity index (χ2v) is 6.45. The fourth-order valence-electron chi connectivity index (χ4n) is 1.83. The number of rotatable bonds is 8. The Bertz CT molecular complexity index is 653. The number of hydrogen-bond donors (Lipinski definition) is 3. The van der Waals surface area contributed by atoms with Gasteiger partial charge in [0.15, 0.2) is 0 Å². The van der Waals surface area contributed by atoms with Gasteiger partial charge in [-0.1, -0.05) is 13.0 Å². The molecule has 21 heavy (non-hydrogen) atoms. The lowest BCUT2D eigenvalue weighted by molar-refractivity contribution is 0.580. The lowest BCUT2D eigenvalue weighted by Gasteiger charge is -2.04. The summed E-state index contributed by atoms with van der Waals surface area (Å²) >= 11 is 0. The molecule has 7 heteroatoms. The molecule has 0 aliphatic rings. The molecule has 0 spiro atoms. The first-order valence-electron chi connectivity index (χ1n) is 6.89. The van der Waals surface area contributed by atoms with Crippen molar-refractivity contribution in [1.29, 1.82) is 0 Å². The molecule has 2 aromatic heterocycles. The van der Waals surface area contributed by atoms with Gasteiger partial charge in [-0.3, -0.25) is 4.98 Å². The Balaban J connectivity index is 1.96. The highest BCUT2D eigenvalue weighted by Gasteiger charge is 2.15. The zero-order chi connectivity index (χ0) is 15.1. The molecule has 3 N–H and O–H groups in total. The molecule has 0 aromatic carbocycles. The second-order valence-electron chi connectivity index (χ2n) is 4.68. The Morgan fingerprint density at radius 2 is 2.14 bits per heavy atom. The fourth-order valence-corrected chi connectivity index (χ4v) is 2.85. The molecule has 0 atom stereocenters. The molecule has 0 radical (unpaired) electrons. The van der Waals surface area contributed by atoms with Crippen molar-refractivity contribution >= 4 is 10.0 Å². The number of H-pyrrole nitrogens is 1. The van der Waals surface area contributed by atoms with Crippen molar-refractivity contribution in [1.82, 2.24) is 20.0 Å². The Kier molecular flexibility index (Phi) is 5.49. The van der Waals surface area contributed by atoms with Crippen LogP contribution in [0, 0.1) is 0 Å². The van der Waals surface area contributed by atoms with Gasteiger partial charge < -0.3 is 10.3 Å². The van der Waals surface area contributed by atoms with E-state index in [9.17, 15) is 8.42 Å². The number of aromatic nitrogens is 2. The first kappa shape index (κ1) is 15.7. The Morgan fingerprint density at radius 1 is 1.29 bits per heavy atom. The molecule has 0 saturated carbocycles. The summed E-state index contributed by atoms with van der Waals surface area (Å²) in [4.78, 5) is 7.30. The summed E-state index contributed by atoms with van der Waals surface area (Å²) in [5.41, 5.74) is 1.53. The van der Waals surface area contributed by atoms with Gasteiger partial charge in [0, 0.05) is 24.6 Å². The van der Waals surface area contributed by atoms with Crippen LogP contribution in [0.5, 0.6) is 0 Å². The smallest absolute Gasteiger partial charge is 0.242 e. The molecule has 0 saturated heterocycles. The highest BCUT2D eigenvalue weighted by atomic mass is 32.2. The molecule has 2 aromatic rings. The van der Waals surface area contributed by atoms with Crippen LogP contribution in [0.2, 0.25) is 0 Å². The van der Waals surface area contributed by atoms with E-state index in [-0.39, 0.29) is 11.4 Å². The van der Waals surface area contributed by atoms with Gasteiger partial charge >= 0.3 is 0 Å². The lowest BCUT2D eigenvalue weighted by Crippen LogP contribution is -2.23. The van der Waals surface area contributed by atoms with E-state index in [1.165, 1.54) is 6.20 Å². The Morgan fingerprint density at radius 3 is 2.86 bits per heavy atom. The topological polar surface area (TPSA) is 86.9 Å². The van der Waals surface area contributed by atoms with Crippen LogP contribution in [0.3, 0.4) is 0 Å². The van der Waals surface area contributed by atoms with Crippen molar-refractivity contribution in [2.45, 2.75) is 31.3 Å². The van der Waals surface area contributed by atoms with Gasteiger partial charge in [-0.05, 0) is 31.2 Å². The fraction of sp³-hybridized carbons (Fsp3) is 0.357. The quantitative estimate of drug-likeness (QED) is 0.643. The highest BCUT2D eigenvalue weighted by molar-refractivity contribution is 7.89. The standard InChI is InChI=1S/C14H20N4O2S/c1-2-6-15-9-13-8-14(11-17-13)21(19,20)18-10-12-5-3-4-7-16-12/h3-5,7-8,11,15,17-18H,2,6,9-10H2,1H3. The maximum Gasteiger partial charge on any atom is 0.242 e. The van der Waals surface area contributed by atoms with Crippen molar-refractivity contribution < 1.29 is 8.42 Å². The largest absolute Gasteiger partial charge is 0.363 e. The van der Waals surface area contributed by atoms with Crippen LogP contribution >= 0.6 is 0 Å². The summed E-state index contributed by atoms with van der Waals surface area (Å²) in [6.45, 7) is 3.79. The van der Waals surface area contributed by atoms with Crippen molar-refractivity contribution in [3.8, 4) is 0 Å². The third kappa shape index (κ3) is 4.66. The molecular weight excluding hydrogens is 288 g/mol. The SMILES string of the molecule is CCCNCc1cc(S(=O)(=O)NCc2ccccn2)c[nH]1. The van der Waals surface area contributed by atoms with E-state index in [0.29, 0.717) is 12.2 Å². The van der Waals surface area contributed by atoms with Crippen LogP contribution in [0.4, 0.5) is 0 Å². The normalized spacial score (nSPS) is 11.7. The van der Waals surface area contributed by atoms with Gasteiger partial charge in [0.25, 0.3) is 0 Å². The summed E-state index contributed by atoms with van der Waals surface area (Å²) in [5, 5.41) is 3.22. The van der Waals surface area contributed by atoms with E-state index in [1.807, 2.05) is 6.07 Å². The maximum atomic E-state index is 12.2. The van der Waals surface area contributed by atoms with E-state index < -0.39 is 10.0 Å². The average Bonchev–Trinajstić information content (AvgIpc) is 2.96. The van der Waals surface area contributed by atoms with Crippen LogP contribution in [-0.4, -0.2) is 24.9 Å². The maximum absolute atomic E-state index is 12.2. The molecule has 114 valence electrons. The molecule has 0 aliphatic carbocycles. The van der Waals surface area contributed by atoms with E-state index >= 15 is 0 Å². The Labute approximate surface area is 125 Å². The van der Waals surface area contributed by atoms with Crippen molar-refractivity contribution in [2.75, 3.05) is 6.54 Å². The van der Waals surface area contributed by atoms with Gasteiger partial charge in [-0.25, -0.2) is 13.1 Å². The molecule has 0 bridgehead atoms. The van der Waals surface area contributed by atoms with Gasteiger partial charge in [-0.15, -0.1) is 0 Å². The molecule has 6 nitrogen and oxygen atoms in total. The van der Waals surface area contributed by atoms with Crippen LogP contribution in [0.1, 0.15) is 24.7 Å². The predicted molar refractivity (Wildman–Crippen MR) is 81.1 cm³/mol. The van der Waals surface area contributed by atoms with E-state index in [0.717, 1.165) is 18.7 Å². The van der Waals surface area contributed by atoms with Gasteiger partial charge in [-0.2, -0.15) is 0 Å². The van der Waals surface area contributed by atoms with Gasteiger partial charge in [0.1, 0.15) is 0 Å². The minimum absolute atomic E-state index is 0.178. The van der Waals surface area contributed by atoms with Crippen molar-refractivity contribution in [3.05, 3.63) is 48.0 Å². The van der Waals surface area contributed by atoms with E-state index in [1.54, 1.807) is 24.4 Å². The minimum atomic E-state index is -3.52. The summed E-state index contributed by atoms with van der Waals surface area (Å²) < 4.78 is 26.9. The summed E-state index contributed by atoms with van der Waals surface area (Å²) in [6, 6.07) is 7.04. The van der Waals surface area contributed by atoms with E-state index in [4.69, 9.17) is 0 Å². The molecule has 2 rings (SSSR count). The summed E-state index contributed by atoms with van der Waals surface area (Å²) in [6.07, 6.45) is 4.18. The number of nitrogens with zero attached hydrogens (tertiary/aromatic N) is 1. The molecule has 0 amide bonds. The number of sulfonamides is 1. The number of aromatic amines is 1. The number of pyridine rings is 1. The zero-order valence-corrected chi connectivity index (χ0v) is 12.8. The van der Waals surface area contributed by atoms with Crippen LogP contribution < -0.4 is 10.0 Å². The van der Waals surface area contributed by atoms with Gasteiger partial charge in [0.2, 0.25) is 10.0 Å². The first-order valence-corrected chi connectivity index (χ1v) is 8.37. The minimum Gasteiger partial charge on any atom is -0.363 e. The highest BCUT2D eigenvalue weighted by Crippen LogP contribution is 2.11. The molecule has 0 unspecified atom stereocenters. The van der Waals surface area contributed by atoms with Crippen LogP contribution in [0.15, 0.2) is 41.6 Å². The summed E-state index contributed by atoms with van der Waals surface area (Å²) in [7, 11) is -3.52. The zero-order valence-electron chi connectivity index (χ0n) is 12.0. The number of hydrogen-bond acceptors (Lipinski definition) is 4. The second kappa shape index (κ2) is 7.35. The molecular formula is C14H20N4O2S. The van der Waals surface area contributed by atoms with Crippen molar-refractivity contribution in [3.63, 3.8) is 0 Å². The Hall–Kier alpha value is -1.70. The first-order chi connectivity index (χ1) is 10.1. The molecule has 0 aliphatic heterocycles. The average molecular weight is 308 g/mol. The van der Waals surface area contributed by atoms with Crippen LogP contribution in [0.25, 0.3) is 0 Å². The monoisotopic (exact) mass is 308 g/mol. The molecule has 2 heterocycles. The lowest BCUT2D eigenvalue weighted by atomic mass is 10.4. The third-order valence-corrected chi connectivity index (χ3v) is 4.32. The number of nitrogens with one attached hydrogen (secondary N) is 3. The van der Waals surface area contributed by atoms with Crippen LogP contribution in [-0.2, 0) is 23.1 Å². The van der Waals surface area contributed by atoms with E-state index in [2.05, 4.69) is 26.9 Å². The van der Waals surface area contributed by atoms with Crippen molar-refractivity contribution in [2.24, 2.45) is 0 Å².